The van der Waals surface area contributed by atoms with Crippen LogP contribution in [0.4, 0.5) is 18.2 Å². The second kappa shape index (κ2) is 9.69. The average Bonchev–Trinajstić information content (AvgIpc) is 3.56. The normalized spacial score (nSPS) is 15.2. The second-order valence-electron chi connectivity index (χ2n) is 8.78. The van der Waals surface area contributed by atoms with Gasteiger partial charge in [-0.25, -0.2) is 14.5 Å². The van der Waals surface area contributed by atoms with Crippen molar-refractivity contribution in [3.63, 3.8) is 0 Å². The number of hydrogen-bond donors (Lipinski definition) is 1. The van der Waals surface area contributed by atoms with Crippen LogP contribution in [-0.4, -0.2) is 80.7 Å². The van der Waals surface area contributed by atoms with Crippen molar-refractivity contribution in [3.8, 4) is 27.7 Å². The minimum atomic E-state index is -4.43. The first kappa shape index (κ1) is 24.5. The summed E-state index contributed by atoms with van der Waals surface area (Å²) in [6, 6.07) is 1.63. The standard InChI is InChI=1S/C23H27F3N8OS/c1-4-5-32-6-8-33(9-7-32)22-14(2)29-21(36-22)19-16(11-23(24,25)26)18(30-31-19)15-10-17(35-3)20-27-13-28-34(20)12-15/h10,12-13H,4-9,11H2,1-3H3,(H,30,31). The van der Waals surface area contributed by atoms with Crippen LogP contribution in [-0.2, 0) is 6.42 Å². The van der Waals surface area contributed by atoms with Crippen molar-refractivity contribution in [2.75, 3.05) is 44.7 Å². The maximum absolute atomic E-state index is 13.7. The number of thiazole rings is 1. The summed E-state index contributed by atoms with van der Waals surface area (Å²) in [5.41, 5.74) is 2.23. The summed E-state index contributed by atoms with van der Waals surface area (Å²) in [5, 5.41) is 12.7. The van der Waals surface area contributed by atoms with E-state index in [2.05, 4.69) is 42.0 Å². The molecule has 4 aromatic heterocycles. The van der Waals surface area contributed by atoms with Gasteiger partial charge >= 0.3 is 6.18 Å². The highest BCUT2D eigenvalue weighted by molar-refractivity contribution is 7.19. The predicted molar refractivity (Wildman–Crippen MR) is 132 cm³/mol. The lowest BCUT2D eigenvalue weighted by atomic mass is 10.0. The van der Waals surface area contributed by atoms with Gasteiger partial charge in [-0.1, -0.05) is 18.3 Å². The van der Waals surface area contributed by atoms with Gasteiger partial charge in [-0.05, 0) is 26.0 Å². The van der Waals surface area contributed by atoms with E-state index in [0.29, 0.717) is 22.0 Å². The Bertz CT molecular complexity index is 1350. The molecule has 9 nitrogen and oxygen atoms in total. The zero-order valence-corrected chi connectivity index (χ0v) is 21.1. The molecule has 0 radical (unpaired) electrons. The van der Waals surface area contributed by atoms with Crippen LogP contribution in [0.25, 0.3) is 27.6 Å². The predicted octanol–water partition coefficient (Wildman–Crippen LogP) is 4.20. The molecule has 0 saturated carbocycles. The van der Waals surface area contributed by atoms with Crippen molar-refractivity contribution in [2.45, 2.75) is 32.9 Å². The molecule has 4 aromatic rings. The number of hydrogen-bond acceptors (Lipinski definition) is 8. The number of pyridine rings is 1. The monoisotopic (exact) mass is 520 g/mol. The van der Waals surface area contributed by atoms with Crippen LogP contribution >= 0.6 is 11.3 Å². The summed E-state index contributed by atoms with van der Waals surface area (Å²) in [6.07, 6.45) is -1.49. The number of ether oxygens (including phenoxy) is 1. The third-order valence-electron chi connectivity index (χ3n) is 6.27. The third kappa shape index (κ3) is 4.76. The molecule has 0 atom stereocenters. The maximum Gasteiger partial charge on any atom is 0.393 e. The first-order valence-corrected chi connectivity index (χ1v) is 12.6. The molecule has 0 unspecified atom stereocenters. The molecule has 36 heavy (non-hydrogen) atoms. The highest BCUT2D eigenvalue weighted by Crippen LogP contribution is 2.40. The first-order chi connectivity index (χ1) is 17.3. The molecule has 1 N–H and O–H groups in total. The van der Waals surface area contributed by atoms with Gasteiger partial charge in [0.2, 0.25) is 0 Å². The number of rotatable bonds is 7. The molecule has 1 aliphatic rings. The van der Waals surface area contributed by atoms with Gasteiger partial charge in [0.1, 0.15) is 22.0 Å². The van der Waals surface area contributed by atoms with Gasteiger partial charge in [-0.15, -0.1) is 0 Å². The maximum atomic E-state index is 13.7. The Kier molecular flexibility index (Phi) is 6.60. The van der Waals surface area contributed by atoms with Crippen molar-refractivity contribution in [2.24, 2.45) is 0 Å². The molecule has 0 spiro atoms. The minimum absolute atomic E-state index is 0.0390. The molecule has 5 heterocycles. The number of methoxy groups -OCH3 is 1. The van der Waals surface area contributed by atoms with Crippen LogP contribution < -0.4 is 9.64 Å². The summed E-state index contributed by atoms with van der Waals surface area (Å²) < 4.78 is 48.0. The van der Waals surface area contributed by atoms with Gasteiger partial charge in [0.25, 0.3) is 0 Å². The van der Waals surface area contributed by atoms with Crippen molar-refractivity contribution in [1.82, 2.24) is 34.7 Å². The van der Waals surface area contributed by atoms with Crippen LogP contribution in [0.1, 0.15) is 24.6 Å². The number of aryl methyl sites for hydroxylation is 1. The van der Waals surface area contributed by atoms with Crippen LogP contribution in [0.5, 0.6) is 5.75 Å². The molecule has 0 aliphatic carbocycles. The quantitative estimate of drug-likeness (QED) is 0.391. The van der Waals surface area contributed by atoms with E-state index in [9.17, 15) is 13.2 Å². The highest BCUT2D eigenvalue weighted by Gasteiger charge is 2.34. The zero-order valence-electron chi connectivity index (χ0n) is 20.3. The fraction of sp³-hybridized carbons (Fsp3) is 0.478. The number of piperazine rings is 1. The summed E-state index contributed by atoms with van der Waals surface area (Å²) >= 11 is 1.39. The molecule has 0 bridgehead atoms. The van der Waals surface area contributed by atoms with Gasteiger partial charge in [0.15, 0.2) is 11.4 Å². The van der Waals surface area contributed by atoms with Crippen molar-refractivity contribution < 1.29 is 17.9 Å². The van der Waals surface area contributed by atoms with E-state index < -0.39 is 12.6 Å². The number of H-pyrrole nitrogens is 1. The van der Waals surface area contributed by atoms with Crippen molar-refractivity contribution >= 4 is 22.0 Å². The Hall–Kier alpha value is -3.19. The summed E-state index contributed by atoms with van der Waals surface area (Å²) in [7, 11) is 1.48. The lowest BCUT2D eigenvalue weighted by Crippen LogP contribution is -2.46. The largest absolute Gasteiger partial charge is 0.493 e. The summed E-state index contributed by atoms with van der Waals surface area (Å²) in [4.78, 5) is 13.5. The zero-order chi connectivity index (χ0) is 25.4. The number of nitrogens with one attached hydrogen (secondary N) is 1. The molecule has 0 amide bonds. The fourth-order valence-electron chi connectivity index (χ4n) is 4.61. The van der Waals surface area contributed by atoms with E-state index in [-0.39, 0.29) is 17.0 Å². The van der Waals surface area contributed by atoms with Crippen LogP contribution in [0.3, 0.4) is 0 Å². The minimum Gasteiger partial charge on any atom is -0.493 e. The Morgan fingerprint density at radius 2 is 1.97 bits per heavy atom. The number of fused-ring (bicyclic) bond motifs is 1. The summed E-state index contributed by atoms with van der Waals surface area (Å²) in [6.45, 7) is 8.78. The lowest BCUT2D eigenvalue weighted by molar-refractivity contribution is -0.127. The second-order valence-corrected chi connectivity index (χ2v) is 9.76. The van der Waals surface area contributed by atoms with Crippen molar-refractivity contribution in [3.05, 3.63) is 29.8 Å². The van der Waals surface area contributed by atoms with E-state index in [0.717, 1.165) is 49.8 Å². The number of nitrogens with zero attached hydrogens (tertiary/aromatic N) is 7. The van der Waals surface area contributed by atoms with Gasteiger partial charge in [-0.2, -0.15) is 23.4 Å². The van der Waals surface area contributed by atoms with Gasteiger partial charge in [0, 0.05) is 43.5 Å². The lowest BCUT2D eigenvalue weighted by Gasteiger charge is -2.35. The topological polar surface area (TPSA) is 87.5 Å². The smallest absolute Gasteiger partial charge is 0.393 e. The molecule has 1 aliphatic heterocycles. The third-order valence-corrected chi connectivity index (χ3v) is 7.49. The molecule has 0 aromatic carbocycles. The Labute approximate surface area is 209 Å². The summed E-state index contributed by atoms with van der Waals surface area (Å²) in [5.74, 6) is 0.397. The number of alkyl halides is 3. The fourth-order valence-corrected chi connectivity index (χ4v) is 5.75. The average molecular weight is 521 g/mol. The van der Waals surface area contributed by atoms with Crippen LogP contribution in [0.2, 0.25) is 0 Å². The highest BCUT2D eigenvalue weighted by atomic mass is 32.1. The van der Waals surface area contributed by atoms with E-state index in [1.54, 1.807) is 12.3 Å². The van der Waals surface area contributed by atoms with E-state index in [1.807, 2.05) is 6.92 Å². The Morgan fingerprint density at radius 1 is 1.19 bits per heavy atom. The number of aromatic amines is 1. The van der Waals surface area contributed by atoms with E-state index in [1.165, 1.54) is 29.3 Å². The number of anilines is 1. The Balaban J connectivity index is 1.53. The van der Waals surface area contributed by atoms with Crippen LogP contribution in [0, 0.1) is 6.92 Å². The molecule has 1 fully saturated rings. The SMILES string of the molecule is CCCN1CCN(c2sc(-c3n[nH]c(-c4cc(OC)c5ncnn5c4)c3CC(F)(F)F)nc2C)CC1. The Morgan fingerprint density at radius 3 is 2.67 bits per heavy atom. The van der Waals surface area contributed by atoms with Gasteiger partial charge < -0.3 is 9.64 Å². The van der Waals surface area contributed by atoms with E-state index >= 15 is 0 Å². The molecule has 1 saturated heterocycles. The molecular formula is C23H27F3N8OS. The molecular weight excluding hydrogens is 493 g/mol. The van der Waals surface area contributed by atoms with Crippen LogP contribution in [0.15, 0.2) is 18.6 Å². The van der Waals surface area contributed by atoms with Crippen molar-refractivity contribution in [1.29, 1.82) is 0 Å². The molecule has 192 valence electrons. The number of halogens is 3. The van der Waals surface area contributed by atoms with E-state index in [4.69, 9.17) is 4.74 Å². The first-order valence-electron chi connectivity index (χ1n) is 11.7. The van der Waals surface area contributed by atoms with Gasteiger partial charge in [-0.3, -0.25) is 10.00 Å². The molecule has 5 rings (SSSR count). The van der Waals surface area contributed by atoms with Gasteiger partial charge in [0.05, 0.1) is 24.9 Å². The molecule has 13 heteroatoms. The number of aromatic nitrogens is 6.